The normalized spacial score (nSPS) is 9.93. The fourth-order valence-corrected chi connectivity index (χ4v) is 2.35. The highest BCUT2D eigenvalue weighted by Gasteiger charge is 2.13. The van der Waals surface area contributed by atoms with Crippen LogP contribution in [0.1, 0.15) is 24.2 Å². The summed E-state index contributed by atoms with van der Waals surface area (Å²) in [6.45, 7) is 10.9. The number of esters is 2. The number of hydrogen-bond donors (Lipinski definition) is 0. The first kappa shape index (κ1) is 22.4. The van der Waals surface area contributed by atoms with Crippen LogP contribution in [-0.4, -0.2) is 31.6 Å². The average Bonchev–Trinajstić information content (AvgIpc) is 2.71. The smallest absolute Gasteiger partial charge is 0.338 e. The highest BCUT2D eigenvalue weighted by Crippen LogP contribution is 2.28. The van der Waals surface area contributed by atoms with E-state index in [0.29, 0.717) is 22.6 Å². The van der Waals surface area contributed by atoms with Crippen molar-refractivity contribution in [2.24, 2.45) is 0 Å². The van der Waals surface area contributed by atoms with Crippen molar-refractivity contribution in [2.75, 3.05) is 13.2 Å². The van der Waals surface area contributed by atoms with Gasteiger partial charge in [-0.15, -0.1) is 0 Å². The lowest BCUT2D eigenvalue weighted by Crippen LogP contribution is -2.10. The maximum Gasteiger partial charge on any atom is 0.338 e. The van der Waals surface area contributed by atoms with E-state index in [9.17, 15) is 14.4 Å². The Morgan fingerprint density at radius 1 is 0.900 bits per heavy atom. The molecule has 0 saturated heterocycles. The molecule has 7 heteroatoms. The van der Waals surface area contributed by atoms with Gasteiger partial charge in [-0.2, -0.15) is 0 Å². The molecule has 0 atom stereocenters. The standard InChI is InChI=1S/C23H22O7/c1-15(2)22(25)30-20-7-5-17(6-8-20)18-11-19(13-21(12-18)29-14-24)23(26)28-10-9-27-16(3)4/h5-8,11-14H,1,3,9-10H2,2,4H3. The molecule has 0 N–H and O–H groups in total. The van der Waals surface area contributed by atoms with E-state index in [1.165, 1.54) is 6.07 Å². The molecule has 0 bridgehead atoms. The molecule has 0 aliphatic heterocycles. The summed E-state index contributed by atoms with van der Waals surface area (Å²) >= 11 is 0. The van der Waals surface area contributed by atoms with Gasteiger partial charge in [-0.3, -0.25) is 4.79 Å². The zero-order chi connectivity index (χ0) is 22.1. The van der Waals surface area contributed by atoms with E-state index in [-0.39, 0.29) is 36.6 Å². The first-order chi connectivity index (χ1) is 14.3. The van der Waals surface area contributed by atoms with Crippen LogP contribution in [0.4, 0.5) is 0 Å². The SMILES string of the molecule is C=C(C)OCCOC(=O)c1cc(OC=O)cc(-c2ccc(OC(=O)C(=C)C)cc2)c1. The summed E-state index contributed by atoms with van der Waals surface area (Å²) in [4.78, 5) is 34.7. The molecule has 2 rings (SSSR count). The number of allylic oxidation sites excluding steroid dienone is 1. The van der Waals surface area contributed by atoms with Crippen molar-refractivity contribution in [3.05, 3.63) is 72.5 Å². The van der Waals surface area contributed by atoms with E-state index >= 15 is 0 Å². The molecule has 0 unspecified atom stereocenters. The third-order valence-electron chi connectivity index (χ3n) is 3.74. The Kier molecular flexibility index (Phi) is 7.93. The molecule has 2 aromatic carbocycles. The average molecular weight is 410 g/mol. The zero-order valence-electron chi connectivity index (χ0n) is 16.8. The summed E-state index contributed by atoms with van der Waals surface area (Å²) in [5.41, 5.74) is 1.81. The molecule has 7 nitrogen and oxygen atoms in total. The van der Waals surface area contributed by atoms with Crippen molar-refractivity contribution >= 4 is 18.4 Å². The van der Waals surface area contributed by atoms with Gasteiger partial charge in [0, 0.05) is 5.57 Å². The van der Waals surface area contributed by atoms with Crippen LogP contribution in [-0.2, 0) is 19.1 Å². The Morgan fingerprint density at radius 3 is 2.17 bits per heavy atom. The molecule has 0 fully saturated rings. The van der Waals surface area contributed by atoms with Crippen LogP contribution in [0.2, 0.25) is 0 Å². The predicted octanol–water partition coefficient (Wildman–Crippen LogP) is 4.08. The maximum atomic E-state index is 12.4. The number of hydrogen-bond acceptors (Lipinski definition) is 7. The minimum atomic E-state index is -0.593. The number of ether oxygens (including phenoxy) is 4. The molecule has 156 valence electrons. The van der Waals surface area contributed by atoms with Crippen molar-refractivity contribution in [3.8, 4) is 22.6 Å². The van der Waals surface area contributed by atoms with Gasteiger partial charge >= 0.3 is 11.9 Å². The molecule has 0 radical (unpaired) electrons. The second kappa shape index (κ2) is 10.6. The van der Waals surface area contributed by atoms with E-state index in [2.05, 4.69) is 13.2 Å². The lowest BCUT2D eigenvalue weighted by atomic mass is 10.0. The molecule has 0 heterocycles. The summed E-state index contributed by atoms with van der Waals surface area (Å²) in [6, 6.07) is 11.2. The van der Waals surface area contributed by atoms with E-state index in [1.54, 1.807) is 50.2 Å². The van der Waals surface area contributed by atoms with Crippen LogP contribution in [0.25, 0.3) is 11.1 Å². The summed E-state index contributed by atoms with van der Waals surface area (Å²) < 4.78 is 20.4. The molecule has 0 spiro atoms. The largest absolute Gasteiger partial charge is 0.495 e. The summed E-state index contributed by atoms with van der Waals surface area (Å²) in [7, 11) is 0. The Balaban J connectivity index is 2.21. The van der Waals surface area contributed by atoms with Crippen molar-refractivity contribution in [1.29, 1.82) is 0 Å². The minimum absolute atomic E-state index is 0.0442. The van der Waals surface area contributed by atoms with E-state index in [1.807, 2.05) is 0 Å². The lowest BCUT2D eigenvalue weighted by molar-refractivity contribution is -0.130. The van der Waals surface area contributed by atoms with Gasteiger partial charge in [0.05, 0.1) is 11.3 Å². The lowest BCUT2D eigenvalue weighted by Gasteiger charge is -2.10. The minimum Gasteiger partial charge on any atom is -0.495 e. The van der Waals surface area contributed by atoms with Crippen LogP contribution >= 0.6 is 0 Å². The number of benzene rings is 2. The van der Waals surface area contributed by atoms with Gasteiger partial charge < -0.3 is 18.9 Å². The number of carbonyl (C=O) groups excluding carboxylic acids is 3. The molecule has 0 aliphatic rings. The van der Waals surface area contributed by atoms with Crippen molar-refractivity contribution in [3.63, 3.8) is 0 Å². The van der Waals surface area contributed by atoms with Crippen LogP contribution in [0.5, 0.6) is 11.5 Å². The van der Waals surface area contributed by atoms with Gasteiger partial charge in [0.25, 0.3) is 6.47 Å². The fraction of sp³-hybridized carbons (Fsp3) is 0.174. The highest BCUT2D eigenvalue weighted by atomic mass is 16.6. The van der Waals surface area contributed by atoms with Crippen molar-refractivity contribution in [1.82, 2.24) is 0 Å². The van der Waals surface area contributed by atoms with Crippen molar-refractivity contribution < 1.29 is 33.3 Å². The Labute approximate surface area is 174 Å². The quantitative estimate of drug-likeness (QED) is 0.146. The Morgan fingerprint density at radius 2 is 1.57 bits per heavy atom. The van der Waals surface area contributed by atoms with Gasteiger partial charge in [-0.1, -0.05) is 25.3 Å². The molecule has 30 heavy (non-hydrogen) atoms. The van der Waals surface area contributed by atoms with Crippen LogP contribution in [0, 0.1) is 0 Å². The third-order valence-corrected chi connectivity index (χ3v) is 3.74. The maximum absolute atomic E-state index is 12.4. The van der Waals surface area contributed by atoms with Gasteiger partial charge in [-0.25, -0.2) is 9.59 Å². The van der Waals surface area contributed by atoms with Gasteiger partial charge in [0.1, 0.15) is 24.7 Å². The number of carbonyl (C=O) groups is 3. The van der Waals surface area contributed by atoms with Crippen LogP contribution in [0.3, 0.4) is 0 Å². The molecule has 2 aromatic rings. The van der Waals surface area contributed by atoms with Gasteiger partial charge in [0.2, 0.25) is 0 Å². The topological polar surface area (TPSA) is 88.1 Å². The molecule has 0 amide bonds. The summed E-state index contributed by atoms with van der Waals surface area (Å²) in [5.74, 6) is -0.0589. The second-order valence-corrected chi connectivity index (χ2v) is 6.34. The highest BCUT2D eigenvalue weighted by molar-refractivity contribution is 5.92. The van der Waals surface area contributed by atoms with E-state index in [0.717, 1.165) is 0 Å². The van der Waals surface area contributed by atoms with Crippen LogP contribution < -0.4 is 9.47 Å². The third kappa shape index (κ3) is 6.63. The van der Waals surface area contributed by atoms with E-state index in [4.69, 9.17) is 18.9 Å². The molecular formula is C23H22O7. The zero-order valence-corrected chi connectivity index (χ0v) is 16.8. The van der Waals surface area contributed by atoms with Gasteiger partial charge in [0.15, 0.2) is 0 Å². The summed E-state index contributed by atoms with van der Waals surface area (Å²) in [6.07, 6.45) is 0. The first-order valence-corrected chi connectivity index (χ1v) is 8.99. The molecule has 0 aliphatic carbocycles. The van der Waals surface area contributed by atoms with E-state index < -0.39 is 11.9 Å². The van der Waals surface area contributed by atoms with Gasteiger partial charge in [-0.05, 0) is 55.3 Å². The Hall–Kier alpha value is -3.87. The Bertz CT molecular complexity index is 958. The number of rotatable bonds is 10. The second-order valence-electron chi connectivity index (χ2n) is 6.34. The monoisotopic (exact) mass is 410 g/mol. The molecule has 0 saturated carbocycles. The van der Waals surface area contributed by atoms with Crippen LogP contribution in [0.15, 0.2) is 67.0 Å². The molecule has 0 aromatic heterocycles. The first-order valence-electron chi connectivity index (χ1n) is 8.99. The predicted molar refractivity (Wildman–Crippen MR) is 110 cm³/mol. The summed E-state index contributed by atoms with van der Waals surface area (Å²) in [5, 5.41) is 0. The molecular weight excluding hydrogens is 388 g/mol. The van der Waals surface area contributed by atoms with Crippen molar-refractivity contribution in [2.45, 2.75) is 13.8 Å². The fourth-order valence-electron chi connectivity index (χ4n) is 2.35.